The van der Waals surface area contributed by atoms with Crippen molar-refractivity contribution in [2.24, 2.45) is 29.1 Å². The van der Waals surface area contributed by atoms with E-state index in [1.807, 2.05) is 34.6 Å². The van der Waals surface area contributed by atoms with E-state index in [2.05, 4.69) is 0 Å². The molecule has 1 saturated heterocycles. The molecular weight excluding hydrogens is 400 g/mol. The zero-order valence-electron chi connectivity index (χ0n) is 19.7. The molecule has 7 heteroatoms. The maximum atomic E-state index is 13.0. The number of carbonyl (C=O) groups is 2. The molecule has 3 N–H and O–H groups in total. The van der Waals surface area contributed by atoms with E-state index in [-0.39, 0.29) is 11.9 Å². The Balaban J connectivity index is 0.00000112. The number of ketones is 1. The first kappa shape index (κ1) is 22.9. The number of ether oxygens (including phenoxy) is 2. The summed E-state index contributed by atoms with van der Waals surface area (Å²) in [5.41, 5.74) is -5.55. The van der Waals surface area contributed by atoms with Gasteiger partial charge in [-0.05, 0) is 31.8 Å². The highest BCUT2D eigenvalue weighted by Gasteiger charge is 2.89. The van der Waals surface area contributed by atoms with Crippen LogP contribution in [0.15, 0.2) is 11.6 Å². The molecule has 5 rings (SSSR count). The second-order valence-corrected chi connectivity index (χ2v) is 10.8. The first-order chi connectivity index (χ1) is 14.2. The zero-order valence-corrected chi connectivity index (χ0v) is 19.7. The third kappa shape index (κ3) is 2.29. The molecular formula is C24H36O7. The monoisotopic (exact) mass is 436 g/mol. The normalized spacial score (nSPS) is 55.2. The summed E-state index contributed by atoms with van der Waals surface area (Å²) in [5, 5.41) is 34.9. The van der Waals surface area contributed by atoms with E-state index in [4.69, 9.17) is 9.47 Å². The third-order valence-corrected chi connectivity index (χ3v) is 9.19. The van der Waals surface area contributed by atoms with Gasteiger partial charge < -0.3 is 24.8 Å². The molecule has 1 heterocycles. The van der Waals surface area contributed by atoms with Crippen LogP contribution in [0.2, 0.25) is 0 Å². The van der Waals surface area contributed by atoms with Gasteiger partial charge in [0.15, 0.2) is 11.4 Å². The van der Waals surface area contributed by atoms with Crippen molar-refractivity contribution in [3.05, 3.63) is 11.6 Å². The Labute approximate surface area is 183 Å². The van der Waals surface area contributed by atoms with Crippen LogP contribution < -0.4 is 0 Å². The van der Waals surface area contributed by atoms with E-state index >= 15 is 0 Å². The molecule has 0 amide bonds. The topological polar surface area (TPSA) is 117 Å². The van der Waals surface area contributed by atoms with Gasteiger partial charge in [0.1, 0.15) is 17.3 Å². The molecule has 0 aromatic heterocycles. The number of Topliss-reactive ketones (excluding diaryl/α,β-unsaturated/α-hetero) is 1. The van der Waals surface area contributed by atoms with Gasteiger partial charge in [-0.15, -0.1) is 0 Å². The van der Waals surface area contributed by atoms with Crippen molar-refractivity contribution in [3.8, 4) is 0 Å². The minimum atomic E-state index is -2.13. The molecule has 0 spiro atoms. The lowest BCUT2D eigenvalue weighted by molar-refractivity contribution is -0.213. The Bertz CT molecular complexity index is 879. The van der Waals surface area contributed by atoms with E-state index in [1.165, 1.54) is 6.92 Å². The minimum absolute atomic E-state index is 0.203. The first-order valence-electron chi connectivity index (χ1n) is 11.4. The minimum Gasteiger partial charge on any atom is -0.458 e. The van der Waals surface area contributed by atoms with Crippen molar-refractivity contribution < 1.29 is 34.4 Å². The molecule has 4 aliphatic carbocycles. The summed E-state index contributed by atoms with van der Waals surface area (Å²) >= 11 is 0. The van der Waals surface area contributed by atoms with Crippen LogP contribution in [0.1, 0.15) is 61.8 Å². The van der Waals surface area contributed by atoms with Crippen LogP contribution in [-0.2, 0) is 19.1 Å². The molecule has 4 fully saturated rings. The summed E-state index contributed by atoms with van der Waals surface area (Å²) in [6.45, 7) is 14.6. The fraction of sp³-hybridized carbons (Fsp3) is 0.833. The van der Waals surface area contributed by atoms with Gasteiger partial charge in [0, 0.05) is 30.1 Å². The molecule has 3 saturated carbocycles. The lowest BCUT2D eigenvalue weighted by Gasteiger charge is -2.51. The predicted octanol–water partition coefficient (Wildman–Crippen LogP) is 1.77. The van der Waals surface area contributed by atoms with Crippen molar-refractivity contribution >= 4 is 11.8 Å². The smallest absolute Gasteiger partial charge is 0.303 e. The summed E-state index contributed by atoms with van der Waals surface area (Å²) < 4.78 is 11.8. The summed E-state index contributed by atoms with van der Waals surface area (Å²) in [5.74, 6) is -2.96. The molecule has 0 aromatic rings. The van der Waals surface area contributed by atoms with Crippen LogP contribution in [0.4, 0.5) is 0 Å². The Morgan fingerprint density at radius 2 is 1.81 bits per heavy atom. The van der Waals surface area contributed by atoms with Crippen molar-refractivity contribution in [2.75, 3.05) is 0 Å². The van der Waals surface area contributed by atoms with Crippen LogP contribution in [-0.4, -0.2) is 61.7 Å². The van der Waals surface area contributed by atoms with Gasteiger partial charge >= 0.3 is 5.97 Å². The van der Waals surface area contributed by atoms with Crippen molar-refractivity contribution in [1.29, 1.82) is 0 Å². The predicted molar refractivity (Wildman–Crippen MR) is 112 cm³/mol. The fourth-order valence-corrected chi connectivity index (χ4v) is 7.64. The summed E-state index contributed by atoms with van der Waals surface area (Å²) in [7, 11) is 0. The van der Waals surface area contributed by atoms with Crippen molar-refractivity contribution in [1.82, 2.24) is 0 Å². The van der Waals surface area contributed by atoms with E-state index in [0.29, 0.717) is 12.0 Å². The third-order valence-electron chi connectivity index (χ3n) is 9.19. The molecule has 0 radical (unpaired) electrons. The van der Waals surface area contributed by atoms with Crippen LogP contribution in [0, 0.1) is 29.1 Å². The van der Waals surface area contributed by atoms with E-state index in [0.717, 1.165) is 0 Å². The number of carbonyl (C=O) groups excluding carboxylic acids is 2. The number of hydrogen-bond acceptors (Lipinski definition) is 7. The lowest BCUT2D eigenvalue weighted by Crippen LogP contribution is -2.65. The number of rotatable bonds is 1. The summed E-state index contributed by atoms with van der Waals surface area (Å²) in [4.78, 5) is 24.9. The number of aliphatic hydroxyl groups excluding tert-OH is 1. The Hall–Kier alpha value is -1.28. The van der Waals surface area contributed by atoms with Gasteiger partial charge in [0.05, 0.1) is 11.7 Å². The molecule has 0 aromatic carbocycles. The van der Waals surface area contributed by atoms with Crippen molar-refractivity contribution in [2.45, 2.75) is 96.4 Å². The van der Waals surface area contributed by atoms with Crippen molar-refractivity contribution in [3.63, 3.8) is 0 Å². The average Bonchev–Trinajstić information content (AvgIpc) is 3.46. The van der Waals surface area contributed by atoms with Crippen LogP contribution >= 0.6 is 0 Å². The number of epoxide rings is 1. The molecule has 5 aliphatic rings. The summed E-state index contributed by atoms with van der Waals surface area (Å²) in [6.07, 6.45) is 0.0445. The maximum absolute atomic E-state index is 13.0. The average molecular weight is 437 g/mol. The van der Waals surface area contributed by atoms with Crippen LogP contribution in [0.3, 0.4) is 0 Å². The molecule has 0 bridgehead atoms. The van der Waals surface area contributed by atoms with E-state index in [9.17, 15) is 24.9 Å². The quantitative estimate of drug-likeness (QED) is 0.424. The highest BCUT2D eigenvalue weighted by atomic mass is 16.6. The Morgan fingerprint density at radius 1 is 1.23 bits per heavy atom. The van der Waals surface area contributed by atoms with Gasteiger partial charge in [-0.1, -0.05) is 40.7 Å². The van der Waals surface area contributed by atoms with Gasteiger partial charge in [-0.3, -0.25) is 9.59 Å². The van der Waals surface area contributed by atoms with Crippen LogP contribution in [0.5, 0.6) is 0 Å². The number of fused-ring (bicyclic) bond motifs is 7. The highest BCUT2D eigenvalue weighted by Crippen LogP contribution is 2.79. The first-order valence-corrected chi connectivity index (χ1v) is 11.4. The van der Waals surface area contributed by atoms with Crippen LogP contribution in [0.25, 0.3) is 0 Å². The molecule has 174 valence electrons. The van der Waals surface area contributed by atoms with Gasteiger partial charge in [0.25, 0.3) is 0 Å². The number of hydrogen-bond donors (Lipinski definition) is 3. The van der Waals surface area contributed by atoms with E-state index in [1.54, 1.807) is 19.9 Å². The van der Waals surface area contributed by atoms with Gasteiger partial charge in [0.2, 0.25) is 0 Å². The SMILES string of the molecule is CC.CC(=O)O[C@@]12C[C@@H](C)[C@@]3(O)[C@H]([C@@H]1C2(C)C)[C@@H]1O[C@]1(C)[C@@H](O)[C@]1(O)C(=O)C(C)=C[C@H]13. The standard InChI is InChI=1S/C22H30O7.C2H6/c1-9-7-12-21(26)10(2)8-20(28-11(3)23)14(18(20,4)5)13(21)16-19(6,29-16)17(25)22(12,27)15(9)24;1-2/h7,10,12-14,16-17,25-27H,8H2,1-6H3;1-2H3/t10-,12+,13-,14-,16+,17-,19+,20+,21+,22-;/m1./s1. The zero-order chi connectivity index (χ0) is 23.5. The molecule has 7 nitrogen and oxygen atoms in total. The second kappa shape index (κ2) is 6.19. The largest absolute Gasteiger partial charge is 0.458 e. The van der Waals surface area contributed by atoms with Gasteiger partial charge in [-0.25, -0.2) is 0 Å². The fourth-order valence-electron chi connectivity index (χ4n) is 7.64. The molecule has 1 aliphatic heterocycles. The molecule has 10 atom stereocenters. The second-order valence-electron chi connectivity index (χ2n) is 10.8. The number of esters is 1. The lowest BCUT2D eigenvalue weighted by atomic mass is 9.59. The maximum Gasteiger partial charge on any atom is 0.303 e. The molecule has 0 unspecified atom stereocenters. The molecule has 31 heavy (non-hydrogen) atoms. The Morgan fingerprint density at radius 3 is 2.35 bits per heavy atom. The van der Waals surface area contributed by atoms with Gasteiger partial charge in [-0.2, -0.15) is 0 Å². The Kier molecular flexibility index (Phi) is 4.57. The highest BCUT2D eigenvalue weighted by molar-refractivity contribution is 6.05. The van der Waals surface area contributed by atoms with E-state index < -0.39 is 63.6 Å². The number of aliphatic hydroxyl groups is 3. The summed E-state index contributed by atoms with van der Waals surface area (Å²) in [6, 6.07) is 0.